The SMILES string of the molecule is CS(=O)(=O)Oc1ccc(C=C2C(=N)N3N=C(c4cccnc4)SC3=NC2=O)cc1. The van der Waals surface area contributed by atoms with Crippen LogP contribution in [0.15, 0.2) is 64.5 Å². The van der Waals surface area contributed by atoms with Gasteiger partial charge in [0.15, 0.2) is 5.84 Å². The number of nitrogens with one attached hydrogen (secondary N) is 1. The van der Waals surface area contributed by atoms with Crippen LogP contribution in [0.1, 0.15) is 11.1 Å². The number of hydrogen-bond acceptors (Lipinski definition) is 8. The molecule has 0 bridgehead atoms. The molecule has 0 saturated heterocycles. The van der Waals surface area contributed by atoms with E-state index in [1.54, 1.807) is 30.6 Å². The van der Waals surface area contributed by atoms with E-state index in [1.807, 2.05) is 6.07 Å². The fourth-order valence-electron chi connectivity index (χ4n) is 2.56. The molecule has 2 aromatic rings. The van der Waals surface area contributed by atoms with Crippen molar-refractivity contribution in [1.29, 1.82) is 5.41 Å². The van der Waals surface area contributed by atoms with Crippen molar-refractivity contribution in [2.45, 2.75) is 0 Å². The van der Waals surface area contributed by atoms with Gasteiger partial charge in [0.05, 0.1) is 11.8 Å². The Hall–Kier alpha value is -3.31. The quantitative estimate of drug-likeness (QED) is 0.585. The number of aromatic nitrogens is 1. The predicted octanol–water partition coefficient (Wildman–Crippen LogP) is 2.09. The third kappa shape index (κ3) is 4.10. The Morgan fingerprint density at radius 3 is 2.62 bits per heavy atom. The minimum atomic E-state index is -3.62. The number of nitrogens with zero attached hydrogens (tertiary/aromatic N) is 4. The van der Waals surface area contributed by atoms with Crippen LogP contribution in [0.4, 0.5) is 0 Å². The van der Waals surface area contributed by atoms with E-state index >= 15 is 0 Å². The van der Waals surface area contributed by atoms with Crippen LogP contribution in [0.3, 0.4) is 0 Å². The van der Waals surface area contributed by atoms with Gasteiger partial charge in [-0.05, 0) is 47.7 Å². The zero-order valence-corrected chi connectivity index (χ0v) is 16.6. The summed E-state index contributed by atoms with van der Waals surface area (Å²) in [5.74, 6) is -0.489. The van der Waals surface area contributed by atoms with Crippen molar-refractivity contribution < 1.29 is 17.4 Å². The summed E-state index contributed by atoms with van der Waals surface area (Å²) >= 11 is 1.19. The number of thioether (sulfide) groups is 1. The molecule has 1 aromatic carbocycles. The molecule has 4 rings (SSSR count). The fraction of sp³-hybridized carbons (Fsp3) is 0.0556. The molecule has 0 fully saturated rings. The third-order valence-corrected chi connectivity index (χ3v) is 5.25. The maximum Gasteiger partial charge on any atom is 0.306 e. The lowest BCUT2D eigenvalue weighted by molar-refractivity contribution is -0.114. The maximum absolute atomic E-state index is 12.4. The van der Waals surface area contributed by atoms with Gasteiger partial charge < -0.3 is 4.18 Å². The number of amidine groups is 2. The lowest BCUT2D eigenvalue weighted by Gasteiger charge is -2.20. The monoisotopic (exact) mass is 427 g/mol. The lowest BCUT2D eigenvalue weighted by Crippen LogP contribution is -2.35. The number of aliphatic imine (C=N–C) groups is 1. The third-order valence-electron chi connectivity index (χ3n) is 3.80. The van der Waals surface area contributed by atoms with E-state index in [0.717, 1.165) is 11.8 Å². The van der Waals surface area contributed by atoms with Crippen LogP contribution in [0.5, 0.6) is 5.75 Å². The van der Waals surface area contributed by atoms with Crippen LogP contribution in [0.2, 0.25) is 0 Å². The molecule has 0 aliphatic carbocycles. The molecule has 0 radical (unpaired) electrons. The Morgan fingerprint density at radius 2 is 1.97 bits per heavy atom. The molecule has 2 aliphatic rings. The Bertz CT molecular complexity index is 1200. The minimum absolute atomic E-state index is 0.0716. The molecule has 3 heterocycles. The van der Waals surface area contributed by atoms with Crippen molar-refractivity contribution in [2.75, 3.05) is 6.26 Å². The summed E-state index contributed by atoms with van der Waals surface area (Å²) in [6.45, 7) is 0. The summed E-state index contributed by atoms with van der Waals surface area (Å²) in [5, 5.41) is 15.0. The number of fused-ring (bicyclic) bond motifs is 1. The van der Waals surface area contributed by atoms with E-state index in [4.69, 9.17) is 9.59 Å². The second kappa shape index (κ2) is 7.26. The van der Waals surface area contributed by atoms with Crippen LogP contribution in [0.25, 0.3) is 6.08 Å². The second-order valence-electron chi connectivity index (χ2n) is 6.02. The standard InChI is InChI=1S/C18H13N5O4S2/c1-29(25,26)27-13-6-4-11(5-7-13)9-14-15(19)23-18(21-16(14)24)28-17(22-23)12-3-2-8-20-10-12/h2-10,19H,1H3. The van der Waals surface area contributed by atoms with Gasteiger partial charge in [-0.1, -0.05) is 12.1 Å². The second-order valence-corrected chi connectivity index (χ2v) is 8.55. The largest absolute Gasteiger partial charge is 0.383 e. The average Bonchev–Trinajstić information content (AvgIpc) is 3.10. The summed E-state index contributed by atoms with van der Waals surface area (Å²) in [6.07, 6.45) is 5.74. The van der Waals surface area contributed by atoms with Gasteiger partial charge >= 0.3 is 10.1 Å². The van der Waals surface area contributed by atoms with Crippen molar-refractivity contribution in [3.8, 4) is 5.75 Å². The van der Waals surface area contributed by atoms with Crippen molar-refractivity contribution in [1.82, 2.24) is 9.99 Å². The van der Waals surface area contributed by atoms with E-state index in [2.05, 4.69) is 15.1 Å². The lowest BCUT2D eigenvalue weighted by atomic mass is 10.1. The molecule has 1 amide bonds. The van der Waals surface area contributed by atoms with Gasteiger partial charge in [0.1, 0.15) is 10.8 Å². The first-order valence-electron chi connectivity index (χ1n) is 8.20. The van der Waals surface area contributed by atoms with Crippen LogP contribution in [-0.2, 0) is 14.9 Å². The van der Waals surface area contributed by atoms with E-state index in [-0.39, 0.29) is 17.2 Å². The Balaban J connectivity index is 1.61. The number of rotatable bonds is 4. The number of amides is 1. The number of carbonyl (C=O) groups excluding carboxylic acids is 1. The van der Waals surface area contributed by atoms with Crippen molar-refractivity contribution in [2.24, 2.45) is 10.1 Å². The zero-order valence-electron chi connectivity index (χ0n) is 14.9. The molecule has 1 N–H and O–H groups in total. The van der Waals surface area contributed by atoms with Gasteiger partial charge in [0.25, 0.3) is 5.91 Å². The number of carbonyl (C=O) groups is 1. The molecule has 146 valence electrons. The van der Waals surface area contributed by atoms with Crippen molar-refractivity contribution >= 4 is 49.9 Å². The van der Waals surface area contributed by atoms with Crippen LogP contribution < -0.4 is 4.18 Å². The van der Waals surface area contributed by atoms with Crippen molar-refractivity contribution in [3.63, 3.8) is 0 Å². The zero-order chi connectivity index (χ0) is 20.6. The molecule has 1 aromatic heterocycles. The highest BCUT2D eigenvalue weighted by molar-refractivity contribution is 8.27. The molecule has 11 heteroatoms. The molecule has 0 unspecified atom stereocenters. The number of hydrogen-bond donors (Lipinski definition) is 1. The molecule has 0 spiro atoms. The molecular weight excluding hydrogens is 414 g/mol. The van der Waals surface area contributed by atoms with E-state index in [0.29, 0.717) is 15.8 Å². The maximum atomic E-state index is 12.4. The number of hydrazone groups is 1. The number of pyridine rings is 1. The van der Waals surface area contributed by atoms with Gasteiger partial charge in [0.2, 0.25) is 5.17 Å². The van der Waals surface area contributed by atoms with Gasteiger partial charge in [-0.3, -0.25) is 15.2 Å². The van der Waals surface area contributed by atoms with E-state index < -0.39 is 16.0 Å². The first-order chi connectivity index (χ1) is 13.8. The first kappa shape index (κ1) is 19.0. The van der Waals surface area contributed by atoms with Gasteiger partial charge in [-0.2, -0.15) is 23.5 Å². The topological polar surface area (TPSA) is 125 Å². The molecule has 0 atom stereocenters. The highest BCUT2D eigenvalue weighted by atomic mass is 32.2. The summed E-state index contributed by atoms with van der Waals surface area (Å²) in [4.78, 5) is 20.5. The van der Waals surface area contributed by atoms with Crippen LogP contribution in [0, 0.1) is 5.41 Å². The average molecular weight is 427 g/mol. The summed E-state index contributed by atoms with van der Waals surface area (Å²) in [6, 6.07) is 9.69. The molecule has 0 saturated carbocycles. The summed E-state index contributed by atoms with van der Waals surface area (Å²) in [5.41, 5.74) is 1.42. The summed E-state index contributed by atoms with van der Waals surface area (Å²) in [7, 11) is -3.62. The molecular formula is C18H13N5O4S2. The molecule has 9 nitrogen and oxygen atoms in total. The Kier molecular flexibility index (Phi) is 4.76. The van der Waals surface area contributed by atoms with Gasteiger partial charge in [-0.25, -0.2) is 0 Å². The highest BCUT2D eigenvalue weighted by Gasteiger charge is 2.36. The minimum Gasteiger partial charge on any atom is -0.383 e. The van der Waals surface area contributed by atoms with Crippen LogP contribution in [-0.4, -0.2) is 46.6 Å². The van der Waals surface area contributed by atoms with Crippen molar-refractivity contribution in [3.05, 3.63) is 65.5 Å². The normalized spacial score (nSPS) is 17.8. The predicted molar refractivity (Wildman–Crippen MR) is 110 cm³/mol. The van der Waals surface area contributed by atoms with Gasteiger partial charge in [0, 0.05) is 18.0 Å². The molecule has 2 aliphatic heterocycles. The Labute approximate surface area is 170 Å². The smallest absolute Gasteiger partial charge is 0.306 e. The Morgan fingerprint density at radius 1 is 1.21 bits per heavy atom. The van der Waals surface area contributed by atoms with Gasteiger partial charge in [-0.15, -0.1) is 0 Å². The fourth-order valence-corrected chi connectivity index (χ4v) is 3.90. The van der Waals surface area contributed by atoms with Crippen LogP contribution >= 0.6 is 11.8 Å². The molecule has 29 heavy (non-hydrogen) atoms. The first-order valence-corrected chi connectivity index (χ1v) is 10.8. The highest BCUT2D eigenvalue weighted by Crippen LogP contribution is 2.30. The van der Waals surface area contributed by atoms with E-state index in [9.17, 15) is 13.2 Å². The summed E-state index contributed by atoms with van der Waals surface area (Å²) < 4.78 is 27.1. The number of benzene rings is 1. The van der Waals surface area contributed by atoms with E-state index in [1.165, 1.54) is 35.0 Å².